The van der Waals surface area contributed by atoms with Gasteiger partial charge in [0.25, 0.3) is 5.91 Å². The van der Waals surface area contributed by atoms with E-state index in [2.05, 4.69) is 15.4 Å². The first-order valence-corrected chi connectivity index (χ1v) is 15.1. The molecule has 10 nitrogen and oxygen atoms in total. The van der Waals surface area contributed by atoms with E-state index in [1.54, 1.807) is 34.6 Å². The van der Waals surface area contributed by atoms with Crippen LogP contribution in [-0.4, -0.2) is 57.6 Å². The molecule has 0 spiro atoms. The van der Waals surface area contributed by atoms with E-state index in [9.17, 15) is 18.8 Å². The van der Waals surface area contributed by atoms with Gasteiger partial charge in [-0.25, -0.2) is 23.1 Å². The molecule has 0 fully saturated rings. The lowest BCUT2D eigenvalue weighted by Gasteiger charge is -2.29. The van der Waals surface area contributed by atoms with Crippen LogP contribution in [0, 0.1) is 25.5 Å². The van der Waals surface area contributed by atoms with Crippen molar-refractivity contribution in [3.8, 4) is 17.0 Å². The smallest absolute Gasteiger partial charge is 0.340 e. The Labute approximate surface area is 265 Å². The predicted octanol–water partition coefficient (Wildman–Crippen LogP) is 5.65. The molecule has 4 aromatic rings. The first kappa shape index (κ1) is 32.7. The van der Waals surface area contributed by atoms with E-state index in [4.69, 9.17) is 14.2 Å². The quantitative estimate of drug-likeness (QED) is 0.185. The Balaban J connectivity index is 1.67. The maximum Gasteiger partial charge on any atom is 0.340 e. The van der Waals surface area contributed by atoms with Crippen LogP contribution in [0.5, 0.6) is 5.75 Å². The highest BCUT2D eigenvalue weighted by molar-refractivity contribution is 6.02. The molecule has 3 heterocycles. The highest BCUT2D eigenvalue weighted by atomic mass is 19.1. The molecule has 1 N–H and O–H groups in total. The maximum atomic E-state index is 15.6. The molecule has 0 saturated carbocycles. The number of hydrogen-bond donors (Lipinski definition) is 1. The fourth-order valence-corrected chi connectivity index (χ4v) is 5.51. The van der Waals surface area contributed by atoms with Crippen molar-refractivity contribution < 1.29 is 37.4 Å². The molecule has 0 bridgehead atoms. The molecular formula is C34H36F2N4O6. The number of carbonyl (C=O) groups excluding carboxylic acids is 3. The van der Waals surface area contributed by atoms with Crippen LogP contribution >= 0.6 is 0 Å². The van der Waals surface area contributed by atoms with E-state index < -0.39 is 41.0 Å². The summed E-state index contributed by atoms with van der Waals surface area (Å²) < 4.78 is 47.7. The van der Waals surface area contributed by atoms with Gasteiger partial charge in [0.15, 0.2) is 34.8 Å². The Morgan fingerprint density at radius 2 is 1.83 bits per heavy atom. The van der Waals surface area contributed by atoms with Gasteiger partial charge in [-0.05, 0) is 90.3 Å². The maximum absolute atomic E-state index is 15.6. The van der Waals surface area contributed by atoms with Crippen molar-refractivity contribution in [1.29, 1.82) is 0 Å². The van der Waals surface area contributed by atoms with Crippen molar-refractivity contribution in [3.63, 3.8) is 0 Å². The van der Waals surface area contributed by atoms with Crippen LogP contribution in [-0.2, 0) is 20.7 Å². The monoisotopic (exact) mass is 634 g/mol. The van der Waals surface area contributed by atoms with Crippen LogP contribution in [0.3, 0.4) is 0 Å². The SMILES string of the molecule is CCOC(=O)C(OC(C)(C)C)c1c(C)nc2cc(C(=O)NCC(=O)c3ccc(F)cc3)nn2c1-c1cc(F)c2c(c1C)CCCO2. The molecule has 0 radical (unpaired) electrons. The summed E-state index contributed by atoms with van der Waals surface area (Å²) in [6, 6.07) is 7.76. The number of halogens is 2. The van der Waals surface area contributed by atoms with Crippen molar-refractivity contribution in [2.24, 2.45) is 0 Å². The molecule has 242 valence electrons. The van der Waals surface area contributed by atoms with Gasteiger partial charge in [0.2, 0.25) is 0 Å². The molecule has 12 heteroatoms. The number of ether oxygens (including phenoxy) is 3. The predicted molar refractivity (Wildman–Crippen MR) is 165 cm³/mol. The van der Waals surface area contributed by atoms with Crippen LogP contribution in [0.1, 0.15) is 83.5 Å². The number of aromatic nitrogens is 3. The topological polar surface area (TPSA) is 121 Å². The van der Waals surface area contributed by atoms with Gasteiger partial charge < -0.3 is 19.5 Å². The van der Waals surface area contributed by atoms with Crippen molar-refractivity contribution in [2.45, 2.75) is 66.1 Å². The number of esters is 1. The lowest BCUT2D eigenvalue weighted by molar-refractivity contribution is -0.166. The van der Waals surface area contributed by atoms with Gasteiger partial charge in [0, 0.05) is 34.0 Å². The average Bonchev–Trinajstić information content (AvgIpc) is 3.43. The summed E-state index contributed by atoms with van der Waals surface area (Å²) in [5.41, 5.74) is 2.44. The lowest BCUT2D eigenvalue weighted by Crippen LogP contribution is -2.30. The highest BCUT2D eigenvalue weighted by Crippen LogP contribution is 2.41. The Hall–Kier alpha value is -4.71. The van der Waals surface area contributed by atoms with Crippen LogP contribution in [0.15, 0.2) is 36.4 Å². The van der Waals surface area contributed by atoms with E-state index >= 15 is 4.39 Å². The summed E-state index contributed by atoms with van der Waals surface area (Å²) in [4.78, 5) is 44.0. The van der Waals surface area contributed by atoms with E-state index in [-0.39, 0.29) is 35.8 Å². The van der Waals surface area contributed by atoms with Crippen molar-refractivity contribution >= 4 is 23.3 Å². The van der Waals surface area contributed by atoms with E-state index in [1.165, 1.54) is 28.8 Å². The Morgan fingerprint density at radius 1 is 1.11 bits per heavy atom. The molecule has 1 amide bonds. The van der Waals surface area contributed by atoms with Gasteiger partial charge in [0.05, 0.1) is 31.1 Å². The molecule has 1 unspecified atom stereocenters. The number of benzene rings is 2. The zero-order chi connectivity index (χ0) is 33.3. The number of nitrogens with zero attached hydrogens (tertiary/aromatic N) is 3. The summed E-state index contributed by atoms with van der Waals surface area (Å²) >= 11 is 0. The number of aryl methyl sites for hydroxylation is 1. The largest absolute Gasteiger partial charge is 0.490 e. The molecule has 2 aromatic heterocycles. The van der Waals surface area contributed by atoms with Gasteiger partial charge in [-0.1, -0.05) is 0 Å². The van der Waals surface area contributed by atoms with Gasteiger partial charge in [-0.3, -0.25) is 9.59 Å². The molecule has 1 aliphatic heterocycles. The van der Waals surface area contributed by atoms with Crippen molar-refractivity contribution in [2.75, 3.05) is 19.8 Å². The molecule has 5 rings (SSSR count). The highest BCUT2D eigenvalue weighted by Gasteiger charge is 2.36. The second kappa shape index (κ2) is 13.0. The average molecular weight is 635 g/mol. The zero-order valence-corrected chi connectivity index (χ0v) is 26.6. The van der Waals surface area contributed by atoms with Crippen molar-refractivity contribution in [1.82, 2.24) is 19.9 Å². The minimum absolute atomic E-state index is 0.0685. The number of nitrogens with one attached hydrogen (secondary N) is 1. The molecule has 1 aliphatic rings. The number of ketones is 1. The number of Topliss-reactive ketones (excluding diaryl/α,β-unsaturated/α-hetero) is 1. The molecule has 0 saturated heterocycles. The van der Waals surface area contributed by atoms with Gasteiger partial charge in [-0.2, -0.15) is 5.10 Å². The normalized spacial score (nSPS) is 13.6. The Bertz CT molecular complexity index is 1830. The van der Waals surface area contributed by atoms with Gasteiger partial charge >= 0.3 is 5.97 Å². The third-order valence-corrected chi connectivity index (χ3v) is 7.56. The minimum Gasteiger partial charge on any atom is -0.490 e. The number of amides is 1. The number of carbonyl (C=O) groups is 3. The summed E-state index contributed by atoms with van der Waals surface area (Å²) in [7, 11) is 0. The van der Waals surface area contributed by atoms with Gasteiger partial charge in [-0.15, -0.1) is 0 Å². The van der Waals surface area contributed by atoms with E-state index in [0.29, 0.717) is 53.1 Å². The van der Waals surface area contributed by atoms with E-state index in [1.807, 2.05) is 6.92 Å². The van der Waals surface area contributed by atoms with Crippen LogP contribution in [0.4, 0.5) is 8.78 Å². The second-order valence-corrected chi connectivity index (χ2v) is 12.0. The van der Waals surface area contributed by atoms with Crippen LogP contribution < -0.4 is 10.1 Å². The fraction of sp³-hybridized carbons (Fsp3) is 0.382. The molecule has 0 aliphatic carbocycles. The molecule has 2 aromatic carbocycles. The molecule has 46 heavy (non-hydrogen) atoms. The van der Waals surface area contributed by atoms with Crippen LogP contribution in [0.25, 0.3) is 16.9 Å². The third kappa shape index (κ3) is 6.62. The fourth-order valence-electron chi connectivity index (χ4n) is 5.51. The minimum atomic E-state index is -1.27. The summed E-state index contributed by atoms with van der Waals surface area (Å²) in [5.74, 6) is -2.61. The van der Waals surface area contributed by atoms with Crippen LogP contribution in [0.2, 0.25) is 0 Å². The zero-order valence-electron chi connectivity index (χ0n) is 26.6. The number of fused-ring (bicyclic) bond motifs is 2. The first-order chi connectivity index (χ1) is 21.8. The second-order valence-electron chi connectivity index (χ2n) is 12.0. The van der Waals surface area contributed by atoms with Gasteiger partial charge in [0.1, 0.15) is 5.82 Å². The number of rotatable bonds is 9. The lowest BCUT2D eigenvalue weighted by atomic mass is 9.91. The Kier molecular flexibility index (Phi) is 9.20. The Morgan fingerprint density at radius 3 is 2.50 bits per heavy atom. The summed E-state index contributed by atoms with van der Waals surface area (Å²) in [5, 5.41) is 7.09. The molecule has 1 atom stereocenters. The van der Waals surface area contributed by atoms with Crippen molar-refractivity contribution in [3.05, 3.63) is 81.7 Å². The third-order valence-electron chi connectivity index (χ3n) is 7.56. The standard InChI is InChI=1S/C34H36F2N4O6/c1-7-44-33(43)31(46-34(4,5)6)28-19(3)38-27-16-25(32(42)37-17-26(41)20-10-12-21(35)13-11-20)39-40(27)29(28)23-15-24(36)30-22(18(23)2)9-8-14-45-30/h10-13,15-16,31H,7-9,14,17H2,1-6H3,(H,37,42). The number of hydrogen-bond acceptors (Lipinski definition) is 8. The summed E-state index contributed by atoms with van der Waals surface area (Å²) in [6.45, 7) is 10.7. The summed E-state index contributed by atoms with van der Waals surface area (Å²) in [6.07, 6.45) is 0.0233. The first-order valence-electron chi connectivity index (χ1n) is 15.1. The molecular weight excluding hydrogens is 598 g/mol. The van der Waals surface area contributed by atoms with E-state index in [0.717, 1.165) is 12.1 Å².